The van der Waals surface area contributed by atoms with Crippen molar-refractivity contribution in [1.29, 1.82) is 0 Å². The second-order valence-electron chi connectivity index (χ2n) is 5.67. The lowest BCUT2D eigenvalue weighted by Crippen LogP contribution is -2.27. The maximum atomic E-state index is 12.7. The standard InChI is InChI=1S/C20H19NO2S2/c1-2-12-23-17-10-8-15(9-11-17)13-18-19(22)21(20(24)25-18)14-16-6-4-3-5-7-16/h3-11,13H,2,12,14H2,1H3/b18-13+. The molecule has 1 saturated heterocycles. The van der Waals surface area contributed by atoms with Crippen molar-refractivity contribution < 1.29 is 9.53 Å². The van der Waals surface area contributed by atoms with Gasteiger partial charge in [0.05, 0.1) is 18.1 Å². The van der Waals surface area contributed by atoms with Crippen LogP contribution in [-0.2, 0) is 11.3 Å². The Kier molecular flexibility index (Phi) is 5.89. The van der Waals surface area contributed by atoms with Gasteiger partial charge in [0, 0.05) is 0 Å². The number of carbonyl (C=O) groups excluding carboxylic acids is 1. The van der Waals surface area contributed by atoms with Crippen LogP contribution in [0.5, 0.6) is 5.75 Å². The van der Waals surface area contributed by atoms with E-state index in [1.54, 1.807) is 4.90 Å². The maximum Gasteiger partial charge on any atom is 0.266 e. The fourth-order valence-corrected chi connectivity index (χ4v) is 3.69. The zero-order chi connectivity index (χ0) is 17.6. The maximum absolute atomic E-state index is 12.7. The number of thioether (sulfide) groups is 1. The Bertz CT molecular complexity index is 785. The molecule has 0 N–H and O–H groups in total. The summed E-state index contributed by atoms with van der Waals surface area (Å²) in [6, 6.07) is 17.6. The van der Waals surface area contributed by atoms with Crippen LogP contribution in [0.1, 0.15) is 24.5 Å². The molecule has 128 valence electrons. The third kappa shape index (κ3) is 4.50. The van der Waals surface area contributed by atoms with Gasteiger partial charge in [-0.25, -0.2) is 0 Å². The van der Waals surface area contributed by atoms with E-state index in [-0.39, 0.29) is 5.91 Å². The molecular weight excluding hydrogens is 350 g/mol. The molecule has 25 heavy (non-hydrogen) atoms. The minimum absolute atomic E-state index is 0.0369. The lowest BCUT2D eigenvalue weighted by atomic mass is 10.2. The summed E-state index contributed by atoms with van der Waals surface area (Å²) in [5.74, 6) is 0.806. The molecule has 3 nitrogen and oxygen atoms in total. The average Bonchev–Trinajstić information content (AvgIpc) is 2.89. The average molecular weight is 370 g/mol. The number of ether oxygens (including phenoxy) is 1. The van der Waals surface area contributed by atoms with Gasteiger partial charge in [-0.3, -0.25) is 9.69 Å². The quantitative estimate of drug-likeness (QED) is 0.536. The number of rotatable bonds is 6. The molecule has 0 aliphatic carbocycles. The van der Waals surface area contributed by atoms with Crippen LogP contribution in [0.2, 0.25) is 0 Å². The molecule has 0 saturated carbocycles. The predicted octanol–water partition coefficient (Wildman–Crippen LogP) is 4.88. The summed E-state index contributed by atoms with van der Waals surface area (Å²) in [5.41, 5.74) is 2.03. The van der Waals surface area contributed by atoms with E-state index >= 15 is 0 Å². The number of hydrogen-bond donors (Lipinski definition) is 0. The molecule has 0 spiro atoms. The fourth-order valence-electron chi connectivity index (χ4n) is 2.43. The van der Waals surface area contributed by atoms with Crippen LogP contribution in [0.25, 0.3) is 6.08 Å². The first-order valence-corrected chi connectivity index (χ1v) is 9.42. The van der Waals surface area contributed by atoms with Crippen LogP contribution in [0, 0.1) is 0 Å². The first kappa shape index (κ1) is 17.7. The van der Waals surface area contributed by atoms with Crippen LogP contribution in [0.3, 0.4) is 0 Å². The van der Waals surface area contributed by atoms with E-state index in [4.69, 9.17) is 17.0 Å². The molecular formula is C20H19NO2S2. The molecule has 0 bridgehead atoms. The number of carbonyl (C=O) groups is 1. The number of benzene rings is 2. The first-order chi connectivity index (χ1) is 12.2. The van der Waals surface area contributed by atoms with Crippen molar-refractivity contribution in [3.05, 3.63) is 70.6 Å². The second-order valence-corrected chi connectivity index (χ2v) is 7.35. The summed E-state index contributed by atoms with van der Waals surface area (Å²) >= 11 is 6.74. The monoisotopic (exact) mass is 369 g/mol. The first-order valence-electron chi connectivity index (χ1n) is 8.19. The molecule has 2 aromatic carbocycles. The summed E-state index contributed by atoms with van der Waals surface area (Å²) < 4.78 is 6.18. The van der Waals surface area contributed by atoms with Crippen molar-refractivity contribution in [2.24, 2.45) is 0 Å². The van der Waals surface area contributed by atoms with Crippen molar-refractivity contribution >= 4 is 40.3 Å². The molecule has 3 rings (SSSR count). The van der Waals surface area contributed by atoms with Crippen molar-refractivity contribution in [3.8, 4) is 5.75 Å². The van der Waals surface area contributed by atoms with Crippen molar-refractivity contribution in [2.75, 3.05) is 6.61 Å². The zero-order valence-corrected chi connectivity index (χ0v) is 15.6. The fraction of sp³-hybridized carbons (Fsp3) is 0.200. The van der Waals surface area contributed by atoms with Crippen molar-refractivity contribution in [3.63, 3.8) is 0 Å². The molecule has 0 radical (unpaired) electrons. The van der Waals surface area contributed by atoms with Crippen LogP contribution in [0.4, 0.5) is 0 Å². The minimum atomic E-state index is -0.0369. The second kappa shape index (κ2) is 8.32. The lowest BCUT2D eigenvalue weighted by Gasteiger charge is -2.14. The smallest absolute Gasteiger partial charge is 0.266 e. The Morgan fingerprint density at radius 1 is 1.12 bits per heavy atom. The summed E-state index contributed by atoms with van der Waals surface area (Å²) in [6.45, 7) is 3.29. The van der Waals surface area contributed by atoms with Crippen LogP contribution >= 0.6 is 24.0 Å². The Morgan fingerprint density at radius 3 is 2.52 bits per heavy atom. The molecule has 0 aromatic heterocycles. The summed E-state index contributed by atoms with van der Waals surface area (Å²) in [4.78, 5) is 15.0. The topological polar surface area (TPSA) is 29.5 Å². The van der Waals surface area contributed by atoms with E-state index in [0.29, 0.717) is 22.4 Å². The highest BCUT2D eigenvalue weighted by Crippen LogP contribution is 2.33. The summed E-state index contributed by atoms with van der Waals surface area (Å²) in [5, 5.41) is 0. The van der Waals surface area contributed by atoms with Crippen LogP contribution in [-0.4, -0.2) is 21.7 Å². The Hall–Kier alpha value is -2.11. The normalized spacial score (nSPS) is 15.9. The Morgan fingerprint density at radius 2 is 1.84 bits per heavy atom. The van der Waals surface area contributed by atoms with Gasteiger partial charge in [0.25, 0.3) is 5.91 Å². The Balaban J connectivity index is 1.71. The van der Waals surface area contributed by atoms with Crippen molar-refractivity contribution in [2.45, 2.75) is 19.9 Å². The Labute approximate surface area is 157 Å². The highest BCUT2D eigenvalue weighted by molar-refractivity contribution is 8.26. The van der Waals surface area contributed by atoms with E-state index in [1.165, 1.54) is 11.8 Å². The molecule has 1 heterocycles. The van der Waals surface area contributed by atoms with Crippen LogP contribution in [0.15, 0.2) is 59.5 Å². The van der Waals surface area contributed by atoms with E-state index in [2.05, 4.69) is 6.92 Å². The molecule has 1 aliphatic heterocycles. The molecule has 5 heteroatoms. The van der Waals surface area contributed by atoms with Gasteiger partial charge < -0.3 is 4.74 Å². The van der Waals surface area contributed by atoms with E-state index in [1.807, 2.05) is 60.7 Å². The molecule has 1 fully saturated rings. The molecule has 1 amide bonds. The highest BCUT2D eigenvalue weighted by Gasteiger charge is 2.31. The van der Waals surface area contributed by atoms with Gasteiger partial charge in [-0.05, 0) is 35.8 Å². The van der Waals surface area contributed by atoms with Gasteiger partial charge >= 0.3 is 0 Å². The molecule has 2 aromatic rings. The van der Waals surface area contributed by atoms with E-state index in [0.717, 1.165) is 23.3 Å². The summed E-state index contributed by atoms with van der Waals surface area (Å²) in [6.07, 6.45) is 2.86. The minimum Gasteiger partial charge on any atom is -0.494 e. The highest BCUT2D eigenvalue weighted by atomic mass is 32.2. The number of thiocarbonyl (C=S) groups is 1. The van der Waals surface area contributed by atoms with Gasteiger partial charge in [0.1, 0.15) is 10.1 Å². The molecule has 0 atom stereocenters. The lowest BCUT2D eigenvalue weighted by molar-refractivity contribution is -0.122. The van der Waals surface area contributed by atoms with Gasteiger partial charge in [0.15, 0.2) is 0 Å². The summed E-state index contributed by atoms with van der Waals surface area (Å²) in [7, 11) is 0. The van der Waals surface area contributed by atoms with E-state index in [9.17, 15) is 4.79 Å². The molecule has 0 unspecified atom stereocenters. The number of amides is 1. The SMILES string of the molecule is CCCOc1ccc(/C=C2/SC(=S)N(Cc3ccccc3)C2=O)cc1. The van der Waals surface area contributed by atoms with E-state index < -0.39 is 0 Å². The van der Waals surface area contributed by atoms with Gasteiger partial charge in [-0.1, -0.05) is 73.4 Å². The molecule has 1 aliphatic rings. The number of hydrogen-bond acceptors (Lipinski definition) is 4. The predicted molar refractivity (Wildman–Crippen MR) is 107 cm³/mol. The third-order valence-corrected chi connectivity index (χ3v) is 5.09. The van der Waals surface area contributed by atoms with Gasteiger partial charge in [-0.15, -0.1) is 0 Å². The van der Waals surface area contributed by atoms with Gasteiger partial charge in [0.2, 0.25) is 0 Å². The van der Waals surface area contributed by atoms with Crippen molar-refractivity contribution in [1.82, 2.24) is 4.90 Å². The zero-order valence-electron chi connectivity index (χ0n) is 14.0. The third-order valence-electron chi connectivity index (χ3n) is 3.71. The largest absolute Gasteiger partial charge is 0.494 e. The number of nitrogens with zero attached hydrogens (tertiary/aromatic N) is 1. The van der Waals surface area contributed by atoms with Crippen LogP contribution < -0.4 is 4.74 Å². The van der Waals surface area contributed by atoms with Gasteiger partial charge in [-0.2, -0.15) is 0 Å².